The second kappa shape index (κ2) is 19.4. The van der Waals surface area contributed by atoms with E-state index >= 15 is 13.2 Å². The van der Waals surface area contributed by atoms with Gasteiger partial charge in [0.05, 0.1) is 40.5 Å². The molecule has 374 valence electrons. The molecule has 4 aliphatic rings. The summed E-state index contributed by atoms with van der Waals surface area (Å²) in [7, 11) is -2.35. The molecule has 4 atom stereocenters. The molecule has 0 saturated carbocycles. The fourth-order valence-corrected chi connectivity index (χ4v) is 17.3. The van der Waals surface area contributed by atoms with Crippen LogP contribution >= 0.6 is 0 Å². The van der Waals surface area contributed by atoms with E-state index in [2.05, 4.69) is 57.9 Å². The molecule has 2 unspecified atom stereocenters. The maximum Gasteiger partial charge on any atom is 0.411 e. The number of fused-ring (bicyclic) bond motifs is 5. The zero-order chi connectivity index (χ0) is 52.3. The average Bonchev–Trinajstić information content (AvgIpc) is 3.91. The van der Waals surface area contributed by atoms with Gasteiger partial charge in [-0.2, -0.15) is 9.97 Å². The van der Waals surface area contributed by atoms with Gasteiger partial charge in [-0.1, -0.05) is 53.5 Å². The molecule has 13 nitrogen and oxygen atoms in total. The van der Waals surface area contributed by atoms with Gasteiger partial charge in [0.2, 0.25) is 5.88 Å². The minimum Gasteiger partial charge on any atom is -0.480 e. The van der Waals surface area contributed by atoms with Crippen molar-refractivity contribution in [2.45, 2.75) is 140 Å². The van der Waals surface area contributed by atoms with Gasteiger partial charge in [0.25, 0.3) is 0 Å². The first-order valence-corrected chi connectivity index (χ1v) is 26.4. The Bertz CT molecular complexity index is 2750. The van der Waals surface area contributed by atoms with Gasteiger partial charge in [-0.25, -0.2) is 22.9 Å². The predicted octanol–water partition coefficient (Wildman–Crippen LogP) is 10.2. The van der Waals surface area contributed by atoms with E-state index in [1.54, 1.807) is 43.9 Å². The van der Waals surface area contributed by atoms with Crippen LogP contribution in [-0.4, -0.2) is 135 Å². The Hall–Kier alpha value is -4.89. The van der Waals surface area contributed by atoms with Crippen LogP contribution in [0.2, 0.25) is 16.6 Å². The minimum atomic E-state index is -2.79. The largest absolute Gasteiger partial charge is 0.480 e. The molecule has 4 aromatic rings. The van der Waals surface area contributed by atoms with Crippen LogP contribution in [0, 0.1) is 23.1 Å². The molecule has 4 saturated heterocycles. The minimum absolute atomic E-state index is 0.0170. The lowest BCUT2D eigenvalue weighted by Gasteiger charge is -2.49. The number of halogens is 3. The van der Waals surface area contributed by atoms with Gasteiger partial charge in [-0.3, -0.25) is 9.80 Å². The highest BCUT2D eigenvalue weighted by Gasteiger charge is 2.56. The van der Waals surface area contributed by atoms with E-state index in [9.17, 15) is 4.79 Å². The second-order valence-electron chi connectivity index (χ2n) is 21.3. The first kappa shape index (κ1) is 46.5. The van der Waals surface area contributed by atoms with Crippen LogP contribution in [0.25, 0.3) is 32.9 Å². The van der Waals surface area contributed by atoms with Gasteiger partial charge in [0.1, 0.15) is 60.4 Å². The number of alkyl halides is 1. The Morgan fingerprint density at radius 2 is 1.71 bits per heavy atom. The van der Waals surface area contributed by atoms with Crippen LogP contribution < -0.4 is 19.1 Å². The highest BCUT2D eigenvalue weighted by Crippen LogP contribution is 2.48. The van der Waals surface area contributed by atoms with E-state index in [1.807, 2.05) is 4.90 Å². The zero-order valence-corrected chi connectivity index (χ0v) is 42.9. The summed E-state index contributed by atoms with van der Waals surface area (Å²) < 4.78 is 109. The number of methoxy groups -OCH3 is 3. The Labute approximate surface area is 409 Å². The number of hydrogen-bond donors (Lipinski definition) is 0. The van der Waals surface area contributed by atoms with Crippen molar-refractivity contribution in [3.63, 3.8) is 0 Å². The van der Waals surface area contributed by atoms with E-state index in [1.165, 1.54) is 20.3 Å². The number of piperazine rings is 1. The Morgan fingerprint density at radius 1 is 0.957 bits per heavy atom. The normalized spacial score (nSPS) is 23.6. The summed E-state index contributed by atoms with van der Waals surface area (Å²) in [4.78, 5) is 34.1. The second-order valence-corrected chi connectivity index (χ2v) is 26.9. The van der Waals surface area contributed by atoms with Crippen molar-refractivity contribution in [1.82, 2.24) is 24.8 Å². The monoisotopic (exact) mass is 978 g/mol. The number of rotatable bonds is 14. The van der Waals surface area contributed by atoms with Gasteiger partial charge < -0.3 is 33.3 Å². The number of carbonyl (C=O) groups is 1. The molecule has 4 fully saturated rings. The van der Waals surface area contributed by atoms with Crippen LogP contribution in [0.3, 0.4) is 0 Å². The molecule has 2 aromatic carbocycles. The molecular formula is C52H69F3N6O7Si. The van der Waals surface area contributed by atoms with Gasteiger partial charge in [0, 0.05) is 51.2 Å². The van der Waals surface area contributed by atoms with E-state index in [0.29, 0.717) is 42.3 Å². The Kier molecular flexibility index (Phi) is 13.0. The van der Waals surface area contributed by atoms with Crippen LogP contribution in [-0.2, 0) is 14.2 Å². The molecular weight excluding hydrogens is 906 g/mol. The van der Waals surface area contributed by atoms with Crippen LogP contribution in [0.15, 0.2) is 24.3 Å². The third-order valence-electron chi connectivity index (χ3n) is 15.0. The van der Waals surface area contributed by atoms with Gasteiger partial charge >= 0.3 is 12.1 Å². The van der Waals surface area contributed by atoms with Crippen molar-refractivity contribution < 1.29 is 50.5 Å². The van der Waals surface area contributed by atoms with E-state index in [-0.39, 0.29) is 108 Å². The summed E-state index contributed by atoms with van der Waals surface area (Å²) in [5.41, 5.74) is 1.42. The summed E-state index contributed by atoms with van der Waals surface area (Å²) in [6, 6.07) is 5.51. The number of amides is 1. The number of ether oxygens (including phenoxy) is 6. The number of aromatic nitrogens is 3. The molecule has 2 bridgehead atoms. The molecule has 0 N–H and O–H groups in total. The fourth-order valence-electron chi connectivity index (χ4n) is 12.1. The zero-order valence-electron chi connectivity index (χ0n) is 44.9. The van der Waals surface area contributed by atoms with E-state index < -0.39 is 61.7 Å². The van der Waals surface area contributed by atoms with Gasteiger partial charge in [-0.15, -0.1) is 5.54 Å². The molecule has 0 spiro atoms. The molecule has 69 heavy (non-hydrogen) atoms. The number of carbonyl (C=O) groups excluding carboxylic acids is 1. The topological polar surface area (TPSA) is 121 Å². The summed E-state index contributed by atoms with van der Waals surface area (Å²) in [6.45, 7) is 18.9. The van der Waals surface area contributed by atoms with Crippen LogP contribution in [0.1, 0.15) is 104 Å². The lowest BCUT2D eigenvalue weighted by Crippen LogP contribution is -2.66. The first-order valence-electron chi connectivity index (χ1n) is 25.7. The SMILES string of the molecule is [2H]C([2H])([2H])OCC12CCC(CN(c3nc(OC[C@@]45CCCN4C[C@H](F)C5)nc4c(F)c(-c5cc(OCOC)cc6ccc(F)c(C#C[Si](C(C)C)(C(C)C)C(C)C)c56)nc(OC)c34)C1)N2C(=O)OC(C)(C)C. The Morgan fingerprint density at radius 3 is 2.39 bits per heavy atom. The summed E-state index contributed by atoms with van der Waals surface area (Å²) in [5, 5.41) is 0.879. The molecule has 0 radical (unpaired) electrons. The van der Waals surface area contributed by atoms with Crippen molar-refractivity contribution in [3.05, 3.63) is 41.5 Å². The van der Waals surface area contributed by atoms with Crippen molar-refractivity contribution in [3.8, 4) is 40.4 Å². The lowest BCUT2D eigenvalue weighted by molar-refractivity contribution is -0.0261. The van der Waals surface area contributed by atoms with Crippen LogP contribution in [0.5, 0.6) is 17.6 Å². The molecule has 17 heteroatoms. The standard InChI is InChI=1S/C52H69F3N6O7Si/c1-31(2)69(32(3)4,33(5)6)21-17-38-40(54)15-14-34-22-37(67-30-64-11)23-39(41(34)38)44-43(55)45-42(47(56-44)65-12)46(58-48(57-45)66-29-51-18-13-20-60(51)25-35(53)24-51)59-26-36-16-19-52(27-59,28-63-10)61(36)49(62)68-50(7,8)9/h14-15,22-23,31-33,35-36H,13,16,18-20,24-30H2,1-12H3/t35-,36?,51+,52?/m1/s1/i10D3. The maximum absolute atomic E-state index is 18.4. The summed E-state index contributed by atoms with van der Waals surface area (Å²) in [5.74, 6) is 2.16. The number of anilines is 1. The number of pyridine rings is 1. The van der Waals surface area contributed by atoms with Gasteiger partial charge in [-0.05, 0) is 93.2 Å². The van der Waals surface area contributed by atoms with Crippen molar-refractivity contribution >= 4 is 41.7 Å². The highest BCUT2D eigenvalue weighted by molar-refractivity contribution is 6.90. The number of hydrogen-bond acceptors (Lipinski definition) is 12. The van der Waals surface area contributed by atoms with Crippen LogP contribution in [0.4, 0.5) is 23.8 Å². The molecule has 2 aromatic heterocycles. The van der Waals surface area contributed by atoms with Gasteiger partial charge in [0.15, 0.2) is 12.6 Å². The van der Waals surface area contributed by atoms with E-state index in [4.69, 9.17) is 47.5 Å². The third kappa shape index (κ3) is 9.19. The molecule has 6 heterocycles. The molecule has 1 amide bonds. The smallest absolute Gasteiger partial charge is 0.411 e. The Balaban J connectivity index is 1.36. The summed E-state index contributed by atoms with van der Waals surface area (Å²) >= 11 is 0. The molecule has 4 aliphatic heterocycles. The van der Waals surface area contributed by atoms with E-state index in [0.717, 1.165) is 6.42 Å². The molecule has 0 aliphatic carbocycles. The third-order valence-corrected chi connectivity index (χ3v) is 21.3. The quantitative estimate of drug-likeness (QED) is 0.0680. The average molecular weight is 978 g/mol. The number of benzene rings is 2. The molecule has 8 rings (SSSR count). The van der Waals surface area contributed by atoms with Crippen molar-refractivity contribution in [2.24, 2.45) is 0 Å². The van der Waals surface area contributed by atoms with Crippen molar-refractivity contribution in [1.29, 1.82) is 0 Å². The summed E-state index contributed by atoms with van der Waals surface area (Å²) in [6.07, 6.45) is 0.968. The fraction of sp³-hybridized carbons (Fsp3) is 0.615. The predicted molar refractivity (Wildman–Crippen MR) is 264 cm³/mol. The van der Waals surface area contributed by atoms with Crippen molar-refractivity contribution in [2.75, 3.05) is 72.3 Å². The maximum atomic E-state index is 18.4. The first-order chi connectivity index (χ1) is 33.9. The highest BCUT2D eigenvalue weighted by atomic mass is 28.3. The number of nitrogens with zero attached hydrogens (tertiary/aromatic N) is 6. The lowest BCUT2D eigenvalue weighted by atomic mass is 9.95.